The smallest absolute Gasteiger partial charge is 0.119 e. The minimum Gasteiger partial charge on any atom is -0.491 e. The van der Waals surface area contributed by atoms with Crippen LogP contribution < -0.4 is 10.5 Å². The first-order valence-electron chi connectivity index (χ1n) is 4.78. The fourth-order valence-corrected chi connectivity index (χ4v) is 2.13. The van der Waals surface area contributed by atoms with Gasteiger partial charge >= 0.3 is 0 Å². The van der Waals surface area contributed by atoms with E-state index in [4.69, 9.17) is 10.5 Å². The molecule has 1 aromatic carbocycles. The lowest BCUT2D eigenvalue weighted by Crippen LogP contribution is -2.28. The van der Waals surface area contributed by atoms with Gasteiger partial charge in [-0.05, 0) is 24.3 Å². The van der Waals surface area contributed by atoms with Crippen LogP contribution in [0.15, 0.2) is 36.9 Å². The maximum Gasteiger partial charge on any atom is 0.119 e. The van der Waals surface area contributed by atoms with Crippen molar-refractivity contribution < 1.29 is 4.74 Å². The number of nitrogen functional groups attached to an aromatic ring is 1. The van der Waals surface area contributed by atoms with E-state index in [1.165, 1.54) is 0 Å². The number of rotatable bonds is 4. The number of hydrogen-bond acceptors (Lipinski definition) is 2. The van der Waals surface area contributed by atoms with Gasteiger partial charge in [0.05, 0.1) is 8.80 Å². The molecule has 0 radical (unpaired) electrons. The monoisotopic (exact) mass is 207 g/mol. The third-order valence-electron chi connectivity index (χ3n) is 2.04. The third-order valence-corrected chi connectivity index (χ3v) is 3.76. The summed E-state index contributed by atoms with van der Waals surface area (Å²) >= 11 is 0. The first-order chi connectivity index (χ1) is 6.63. The van der Waals surface area contributed by atoms with Crippen molar-refractivity contribution in [2.75, 3.05) is 5.73 Å². The van der Waals surface area contributed by atoms with Crippen LogP contribution in [-0.2, 0) is 0 Å². The van der Waals surface area contributed by atoms with E-state index in [1.807, 2.05) is 30.3 Å². The second kappa shape index (κ2) is 4.86. The molecule has 0 aromatic heterocycles. The van der Waals surface area contributed by atoms with Crippen molar-refractivity contribution in [2.24, 2.45) is 0 Å². The molecule has 0 bridgehead atoms. The van der Waals surface area contributed by atoms with Crippen molar-refractivity contribution in [3.05, 3.63) is 36.9 Å². The van der Waals surface area contributed by atoms with Gasteiger partial charge in [0.15, 0.2) is 0 Å². The molecule has 14 heavy (non-hydrogen) atoms. The quantitative estimate of drug-likeness (QED) is 0.467. The lowest BCUT2D eigenvalue weighted by molar-refractivity contribution is 0.319. The maximum atomic E-state index is 5.77. The number of hydrogen-bond donors (Lipinski definition) is 1. The fraction of sp³-hybridized carbons (Fsp3) is 0.273. The second-order valence-electron chi connectivity index (χ2n) is 3.63. The van der Waals surface area contributed by atoms with Crippen LogP contribution in [0.3, 0.4) is 0 Å². The molecule has 0 aliphatic rings. The van der Waals surface area contributed by atoms with E-state index in [1.54, 1.807) is 0 Å². The molecule has 76 valence electrons. The average molecular weight is 207 g/mol. The summed E-state index contributed by atoms with van der Waals surface area (Å²) in [6, 6.07) is 7.47. The molecule has 1 unspecified atom stereocenters. The second-order valence-corrected chi connectivity index (χ2v) is 6.78. The zero-order chi connectivity index (χ0) is 10.6. The van der Waals surface area contributed by atoms with Gasteiger partial charge in [-0.3, -0.25) is 0 Å². The Labute approximate surface area is 87.0 Å². The highest BCUT2D eigenvalue weighted by atomic mass is 28.3. The van der Waals surface area contributed by atoms with E-state index in [0.29, 0.717) is 0 Å². The first kappa shape index (κ1) is 10.9. The largest absolute Gasteiger partial charge is 0.491 e. The summed E-state index contributed by atoms with van der Waals surface area (Å²) in [6.07, 6.45) is 1.88. The van der Waals surface area contributed by atoms with Crippen LogP contribution in [0.25, 0.3) is 0 Å². The van der Waals surface area contributed by atoms with Gasteiger partial charge in [-0.15, -0.1) is 0 Å². The van der Waals surface area contributed by atoms with E-state index in [-0.39, 0.29) is 5.73 Å². The highest BCUT2D eigenvalue weighted by Gasteiger charge is 2.11. The molecule has 0 saturated heterocycles. The zero-order valence-corrected chi connectivity index (χ0v) is 9.89. The van der Waals surface area contributed by atoms with E-state index in [9.17, 15) is 0 Å². The minimum absolute atomic E-state index is 0.193. The summed E-state index contributed by atoms with van der Waals surface area (Å²) in [5, 5.41) is 0. The molecule has 3 heteroatoms. The van der Waals surface area contributed by atoms with Gasteiger partial charge in [0.25, 0.3) is 0 Å². The van der Waals surface area contributed by atoms with Crippen LogP contribution in [0, 0.1) is 0 Å². The molecule has 2 nitrogen and oxygen atoms in total. The topological polar surface area (TPSA) is 35.2 Å². The summed E-state index contributed by atoms with van der Waals surface area (Å²) in [7, 11) is -0.839. The molecule has 0 spiro atoms. The molecular formula is C11H17NOSi. The average Bonchev–Trinajstić information content (AvgIpc) is 2.16. The highest BCUT2D eigenvalue weighted by molar-refractivity contribution is 6.57. The van der Waals surface area contributed by atoms with Crippen molar-refractivity contribution in [2.45, 2.75) is 18.8 Å². The predicted molar refractivity (Wildman–Crippen MR) is 64.3 cm³/mol. The van der Waals surface area contributed by atoms with E-state index >= 15 is 0 Å². The van der Waals surface area contributed by atoms with Gasteiger partial charge in [-0.2, -0.15) is 0 Å². The summed E-state index contributed by atoms with van der Waals surface area (Å²) < 4.78 is 5.77. The standard InChI is InChI=1S/C11H17NOSi/c1-4-11(14(2)3)13-10-7-5-9(12)6-8-10/h4-8,11,14H,1,12H2,2-3H3. The fourth-order valence-electron chi connectivity index (χ4n) is 1.16. The predicted octanol–water partition coefficient (Wildman–Crippen LogP) is 2.23. The Morgan fingerprint density at radius 2 is 1.93 bits per heavy atom. The van der Waals surface area contributed by atoms with Gasteiger partial charge in [0, 0.05) is 5.69 Å². The molecule has 0 aliphatic heterocycles. The summed E-state index contributed by atoms with van der Waals surface area (Å²) in [4.78, 5) is 0. The van der Waals surface area contributed by atoms with Crippen molar-refractivity contribution in [3.63, 3.8) is 0 Å². The maximum absolute atomic E-state index is 5.77. The lowest BCUT2D eigenvalue weighted by atomic mass is 10.3. The Hall–Kier alpha value is -1.22. The van der Waals surface area contributed by atoms with Crippen molar-refractivity contribution in [3.8, 4) is 5.75 Å². The Bertz CT molecular complexity index is 295. The van der Waals surface area contributed by atoms with Gasteiger partial charge in [0.1, 0.15) is 11.5 Å². The number of benzene rings is 1. The van der Waals surface area contributed by atoms with Crippen LogP contribution >= 0.6 is 0 Å². The van der Waals surface area contributed by atoms with Crippen LogP contribution in [0.2, 0.25) is 13.1 Å². The van der Waals surface area contributed by atoms with E-state index in [2.05, 4.69) is 19.7 Å². The minimum atomic E-state index is -0.839. The number of nitrogens with two attached hydrogens (primary N) is 1. The highest BCUT2D eigenvalue weighted by Crippen LogP contribution is 2.15. The molecule has 1 atom stereocenters. The molecule has 0 fully saturated rings. The van der Waals surface area contributed by atoms with E-state index in [0.717, 1.165) is 11.4 Å². The molecule has 0 amide bonds. The molecule has 1 aromatic rings. The Kier molecular flexibility index (Phi) is 3.77. The Morgan fingerprint density at radius 1 is 1.36 bits per heavy atom. The SMILES string of the molecule is C=CC(Oc1ccc(N)cc1)[SiH](C)C. The summed E-state index contributed by atoms with van der Waals surface area (Å²) in [5.74, 6) is 0.866. The van der Waals surface area contributed by atoms with Crippen LogP contribution in [-0.4, -0.2) is 14.5 Å². The van der Waals surface area contributed by atoms with Crippen molar-refractivity contribution >= 4 is 14.5 Å². The van der Waals surface area contributed by atoms with Gasteiger partial charge in [0.2, 0.25) is 0 Å². The van der Waals surface area contributed by atoms with Crippen LogP contribution in [0.4, 0.5) is 5.69 Å². The Morgan fingerprint density at radius 3 is 2.36 bits per heavy atom. The normalized spacial score (nSPS) is 12.5. The third kappa shape index (κ3) is 2.92. The molecule has 0 heterocycles. The van der Waals surface area contributed by atoms with Crippen molar-refractivity contribution in [1.82, 2.24) is 0 Å². The number of anilines is 1. The molecule has 2 N–H and O–H groups in total. The van der Waals surface area contributed by atoms with E-state index < -0.39 is 8.80 Å². The molecular weight excluding hydrogens is 190 g/mol. The number of ether oxygens (including phenoxy) is 1. The van der Waals surface area contributed by atoms with Gasteiger partial charge < -0.3 is 10.5 Å². The van der Waals surface area contributed by atoms with Crippen molar-refractivity contribution in [1.29, 1.82) is 0 Å². The molecule has 0 aliphatic carbocycles. The first-order valence-corrected chi connectivity index (χ1v) is 7.76. The zero-order valence-electron chi connectivity index (χ0n) is 8.73. The molecule has 1 rings (SSSR count). The summed E-state index contributed by atoms with van der Waals surface area (Å²) in [6.45, 7) is 8.26. The Balaban J connectivity index is 2.67. The molecule has 0 saturated carbocycles. The van der Waals surface area contributed by atoms with Crippen LogP contribution in [0.5, 0.6) is 5.75 Å². The van der Waals surface area contributed by atoms with Crippen LogP contribution in [0.1, 0.15) is 0 Å². The summed E-state index contributed by atoms with van der Waals surface area (Å²) in [5.41, 5.74) is 6.53. The van der Waals surface area contributed by atoms with Gasteiger partial charge in [-0.25, -0.2) is 0 Å². The van der Waals surface area contributed by atoms with Gasteiger partial charge in [-0.1, -0.05) is 25.7 Å². The lowest BCUT2D eigenvalue weighted by Gasteiger charge is -2.18.